The van der Waals surface area contributed by atoms with E-state index in [1.54, 1.807) is 0 Å². The number of nitrogens with zero attached hydrogens (tertiary/aromatic N) is 1. The lowest BCUT2D eigenvalue weighted by molar-refractivity contribution is -0.144. The van der Waals surface area contributed by atoms with Gasteiger partial charge in [0, 0.05) is 12.1 Å². The van der Waals surface area contributed by atoms with Gasteiger partial charge in [0.25, 0.3) is 11.5 Å². The molecule has 0 spiro atoms. The first-order valence-electron chi connectivity index (χ1n) is 5.73. The minimum Gasteiger partial charge on any atom is -0.494 e. The molecule has 0 aliphatic carbocycles. The average molecular weight is 298 g/mol. The van der Waals surface area contributed by atoms with Gasteiger partial charge in [0.2, 0.25) is 0 Å². The number of rotatable bonds is 5. The van der Waals surface area contributed by atoms with Gasteiger partial charge in [0.05, 0.1) is 19.8 Å². The molecule has 1 aromatic rings. The van der Waals surface area contributed by atoms with E-state index in [9.17, 15) is 24.3 Å². The molecule has 0 radical (unpaired) electrons. The van der Waals surface area contributed by atoms with Gasteiger partial charge in [-0.15, -0.1) is 0 Å². The Morgan fingerprint density at radius 1 is 1.14 bits per heavy atom. The van der Waals surface area contributed by atoms with Crippen LogP contribution in [-0.4, -0.2) is 60.1 Å². The minimum atomic E-state index is -0.799. The standard InChI is InChI=1S/C12H14N2O7/c1-20-10(17)5-14(6-11(18)21-2)12(19)7-3-8(15)13-9(16)4-7/h3-4H,5-6H2,1-2H3,(H2,13,15,16). The van der Waals surface area contributed by atoms with Crippen LogP contribution in [0.2, 0.25) is 0 Å². The number of pyridine rings is 1. The van der Waals surface area contributed by atoms with Crippen molar-refractivity contribution in [2.24, 2.45) is 0 Å². The van der Waals surface area contributed by atoms with Gasteiger partial charge < -0.3 is 19.5 Å². The molecule has 114 valence electrons. The van der Waals surface area contributed by atoms with Crippen LogP contribution in [0.5, 0.6) is 5.88 Å². The van der Waals surface area contributed by atoms with Crippen molar-refractivity contribution in [3.63, 3.8) is 0 Å². The molecule has 9 nitrogen and oxygen atoms in total. The Morgan fingerprint density at radius 3 is 2.10 bits per heavy atom. The predicted octanol–water partition coefficient (Wildman–Crippen LogP) is -1.13. The molecule has 0 saturated carbocycles. The van der Waals surface area contributed by atoms with E-state index in [4.69, 9.17) is 0 Å². The zero-order chi connectivity index (χ0) is 16.0. The maximum Gasteiger partial charge on any atom is 0.325 e. The SMILES string of the molecule is COC(=O)CN(CC(=O)OC)C(=O)c1cc(O)[nH]c(=O)c1. The summed E-state index contributed by atoms with van der Waals surface area (Å²) in [7, 11) is 2.25. The number of carbonyl (C=O) groups excluding carboxylic acids is 3. The van der Waals surface area contributed by atoms with Gasteiger partial charge in [-0.2, -0.15) is 0 Å². The van der Waals surface area contributed by atoms with Crippen LogP contribution in [0.1, 0.15) is 10.4 Å². The van der Waals surface area contributed by atoms with Gasteiger partial charge in [0.1, 0.15) is 13.1 Å². The summed E-state index contributed by atoms with van der Waals surface area (Å²) in [5.41, 5.74) is -0.876. The topological polar surface area (TPSA) is 126 Å². The van der Waals surface area contributed by atoms with Gasteiger partial charge in [-0.3, -0.25) is 24.2 Å². The van der Waals surface area contributed by atoms with Crippen molar-refractivity contribution in [3.05, 3.63) is 28.0 Å². The Balaban J connectivity index is 3.05. The lowest BCUT2D eigenvalue weighted by Gasteiger charge is -2.20. The van der Waals surface area contributed by atoms with E-state index < -0.39 is 42.4 Å². The number of ether oxygens (including phenoxy) is 2. The maximum absolute atomic E-state index is 12.2. The van der Waals surface area contributed by atoms with Crippen LogP contribution < -0.4 is 5.56 Å². The van der Waals surface area contributed by atoms with Crippen LogP contribution in [0, 0.1) is 0 Å². The number of esters is 2. The van der Waals surface area contributed by atoms with E-state index in [0.717, 1.165) is 31.3 Å². The van der Waals surface area contributed by atoms with Crippen molar-refractivity contribution >= 4 is 17.8 Å². The molecule has 0 aliphatic rings. The molecule has 2 N–H and O–H groups in total. The maximum atomic E-state index is 12.2. The molecule has 0 aromatic carbocycles. The monoisotopic (exact) mass is 298 g/mol. The fourth-order valence-corrected chi connectivity index (χ4v) is 1.47. The fraction of sp³-hybridized carbons (Fsp3) is 0.333. The van der Waals surface area contributed by atoms with Crippen molar-refractivity contribution < 1.29 is 29.0 Å². The number of H-pyrrole nitrogens is 1. The highest BCUT2D eigenvalue weighted by Gasteiger charge is 2.23. The number of aromatic amines is 1. The zero-order valence-electron chi connectivity index (χ0n) is 11.4. The summed E-state index contributed by atoms with van der Waals surface area (Å²) in [5, 5.41) is 9.27. The number of amides is 1. The van der Waals surface area contributed by atoms with Gasteiger partial charge >= 0.3 is 11.9 Å². The fourth-order valence-electron chi connectivity index (χ4n) is 1.47. The third-order valence-corrected chi connectivity index (χ3v) is 2.46. The molecule has 21 heavy (non-hydrogen) atoms. The number of hydrogen-bond donors (Lipinski definition) is 2. The smallest absolute Gasteiger partial charge is 0.325 e. The molecule has 0 fully saturated rings. The quantitative estimate of drug-likeness (QED) is 0.658. The summed E-state index contributed by atoms with van der Waals surface area (Å²) in [6.07, 6.45) is 0. The first-order chi connectivity index (χ1) is 9.87. The first kappa shape index (κ1) is 16.2. The molecule has 1 heterocycles. The van der Waals surface area contributed by atoms with Crippen molar-refractivity contribution in [1.29, 1.82) is 0 Å². The molecule has 0 atom stereocenters. The van der Waals surface area contributed by atoms with E-state index in [0.29, 0.717) is 0 Å². The van der Waals surface area contributed by atoms with Crippen LogP contribution >= 0.6 is 0 Å². The normalized spacial score (nSPS) is 9.81. The number of aromatic nitrogens is 1. The van der Waals surface area contributed by atoms with E-state index in [1.165, 1.54) is 0 Å². The van der Waals surface area contributed by atoms with Crippen molar-refractivity contribution in [3.8, 4) is 5.88 Å². The van der Waals surface area contributed by atoms with E-state index >= 15 is 0 Å². The second kappa shape index (κ2) is 7.08. The van der Waals surface area contributed by atoms with Crippen LogP contribution in [0.3, 0.4) is 0 Å². The molecule has 1 rings (SSSR count). The summed E-state index contributed by atoms with van der Waals surface area (Å²) in [6.45, 7) is -1.00. The van der Waals surface area contributed by atoms with Gasteiger partial charge in [-0.1, -0.05) is 0 Å². The summed E-state index contributed by atoms with van der Waals surface area (Å²) in [4.78, 5) is 48.9. The Kier molecular flexibility index (Phi) is 5.47. The van der Waals surface area contributed by atoms with E-state index in [2.05, 4.69) is 14.5 Å². The Morgan fingerprint density at radius 2 is 1.67 bits per heavy atom. The van der Waals surface area contributed by atoms with Crippen LogP contribution in [0.25, 0.3) is 0 Å². The second-order valence-electron chi connectivity index (χ2n) is 3.93. The highest BCUT2D eigenvalue weighted by molar-refractivity contribution is 5.97. The summed E-state index contributed by atoms with van der Waals surface area (Å²) in [5.74, 6) is -2.81. The molecule has 0 unspecified atom stereocenters. The number of aromatic hydroxyl groups is 1. The van der Waals surface area contributed by atoms with Crippen LogP contribution in [0.4, 0.5) is 0 Å². The van der Waals surface area contributed by atoms with Crippen molar-refractivity contribution in [2.75, 3.05) is 27.3 Å². The molecule has 0 saturated heterocycles. The number of hydrogen-bond acceptors (Lipinski definition) is 7. The van der Waals surface area contributed by atoms with E-state index in [1.807, 2.05) is 0 Å². The highest BCUT2D eigenvalue weighted by atomic mass is 16.5. The number of nitrogens with one attached hydrogen (secondary N) is 1. The molecule has 0 aliphatic heterocycles. The number of methoxy groups -OCH3 is 2. The van der Waals surface area contributed by atoms with Crippen molar-refractivity contribution in [1.82, 2.24) is 9.88 Å². The summed E-state index contributed by atoms with van der Waals surface area (Å²) >= 11 is 0. The number of carbonyl (C=O) groups is 3. The van der Waals surface area contributed by atoms with Crippen LogP contribution in [-0.2, 0) is 19.1 Å². The van der Waals surface area contributed by atoms with Gasteiger partial charge in [-0.05, 0) is 0 Å². The molecule has 0 bridgehead atoms. The molecular formula is C12H14N2O7. The van der Waals surface area contributed by atoms with Gasteiger partial charge in [0.15, 0.2) is 5.88 Å². The first-order valence-corrected chi connectivity index (χ1v) is 5.73. The van der Waals surface area contributed by atoms with Crippen LogP contribution in [0.15, 0.2) is 16.9 Å². The minimum absolute atomic E-state index is 0.177. The zero-order valence-corrected chi connectivity index (χ0v) is 11.4. The average Bonchev–Trinajstić information content (AvgIpc) is 2.44. The third kappa shape index (κ3) is 4.64. The highest BCUT2D eigenvalue weighted by Crippen LogP contribution is 2.08. The second-order valence-corrected chi connectivity index (χ2v) is 3.93. The Hall–Kier alpha value is -2.84. The summed E-state index contributed by atoms with van der Waals surface area (Å²) in [6, 6.07) is 1.94. The lowest BCUT2D eigenvalue weighted by Crippen LogP contribution is -2.40. The largest absolute Gasteiger partial charge is 0.494 e. The molecule has 1 amide bonds. The third-order valence-electron chi connectivity index (χ3n) is 2.46. The van der Waals surface area contributed by atoms with Crippen molar-refractivity contribution in [2.45, 2.75) is 0 Å². The lowest BCUT2D eigenvalue weighted by atomic mass is 10.2. The Bertz CT molecular complexity index is 590. The van der Waals surface area contributed by atoms with E-state index in [-0.39, 0.29) is 5.56 Å². The summed E-state index contributed by atoms with van der Waals surface area (Å²) < 4.78 is 8.85. The molecular weight excluding hydrogens is 284 g/mol. The molecule has 9 heteroatoms. The predicted molar refractivity (Wildman–Crippen MR) is 68.7 cm³/mol. The van der Waals surface area contributed by atoms with Gasteiger partial charge in [-0.25, -0.2) is 0 Å². The molecule has 1 aromatic heterocycles. The Labute approximate surface area is 119 Å².